The number of ether oxygens (including phenoxy) is 1. The lowest BCUT2D eigenvalue weighted by Crippen LogP contribution is -2.24. The highest BCUT2D eigenvalue weighted by atomic mass is 32.1. The molecular weight excluding hydrogens is 282 g/mol. The highest BCUT2D eigenvalue weighted by molar-refractivity contribution is 7.80. The summed E-state index contributed by atoms with van der Waals surface area (Å²) in [5.41, 5.74) is 11.0. The van der Waals surface area contributed by atoms with Gasteiger partial charge < -0.3 is 10.5 Å². The van der Waals surface area contributed by atoms with Crippen LogP contribution >= 0.6 is 12.2 Å². The van der Waals surface area contributed by atoms with Gasteiger partial charge in [-0.05, 0) is 36.8 Å². The van der Waals surface area contributed by atoms with Crippen LogP contribution in [0.15, 0.2) is 53.6 Å². The van der Waals surface area contributed by atoms with E-state index in [1.807, 2.05) is 36.4 Å². The average Bonchev–Trinajstić information content (AvgIpc) is 2.46. The van der Waals surface area contributed by atoms with E-state index in [4.69, 9.17) is 22.7 Å². The maximum absolute atomic E-state index is 5.85. The van der Waals surface area contributed by atoms with Gasteiger partial charge in [0.2, 0.25) is 0 Å². The van der Waals surface area contributed by atoms with Crippen molar-refractivity contribution in [1.29, 1.82) is 0 Å². The summed E-state index contributed by atoms with van der Waals surface area (Å²) >= 11 is 4.69. The lowest BCUT2D eigenvalue weighted by atomic mass is 10.1. The molecule has 0 aliphatic carbocycles. The Balaban J connectivity index is 2.06. The van der Waals surface area contributed by atoms with Crippen LogP contribution in [0.1, 0.15) is 16.7 Å². The SMILES string of the molecule is Cc1cccc(COc2ccccc2/C=N\NC(N)=S)c1. The Labute approximate surface area is 129 Å². The summed E-state index contributed by atoms with van der Waals surface area (Å²) in [5, 5.41) is 4.08. The second-order valence-corrected chi connectivity index (χ2v) is 4.99. The van der Waals surface area contributed by atoms with Crippen LogP contribution < -0.4 is 15.9 Å². The molecule has 21 heavy (non-hydrogen) atoms. The van der Waals surface area contributed by atoms with Crippen LogP contribution in [0.4, 0.5) is 0 Å². The van der Waals surface area contributed by atoms with E-state index in [2.05, 4.69) is 29.6 Å². The summed E-state index contributed by atoms with van der Waals surface area (Å²) in [6.45, 7) is 2.57. The first kappa shape index (κ1) is 15.0. The Kier molecular flexibility index (Phi) is 5.29. The Morgan fingerprint density at radius 1 is 1.29 bits per heavy atom. The second kappa shape index (κ2) is 7.40. The van der Waals surface area contributed by atoms with Crippen molar-refractivity contribution < 1.29 is 4.74 Å². The summed E-state index contributed by atoms with van der Waals surface area (Å²) < 4.78 is 5.85. The molecule has 2 rings (SSSR count). The van der Waals surface area contributed by atoms with Gasteiger partial charge in [0, 0.05) is 5.56 Å². The summed E-state index contributed by atoms with van der Waals surface area (Å²) in [4.78, 5) is 0. The number of nitrogens with one attached hydrogen (secondary N) is 1. The number of hydrogen-bond donors (Lipinski definition) is 2. The Morgan fingerprint density at radius 3 is 2.86 bits per heavy atom. The minimum atomic E-state index is 0.129. The molecule has 4 nitrogen and oxygen atoms in total. The summed E-state index contributed by atoms with van der Waals surface area (Å²) in [7, 11) is 0. The molecule has 0 atom stereocenters. The van der Waals surface area contributed by atoms with Gasteiger partial charge in [0.05, 0.1) is 6.21 Å². The maximum Gasteiger partial charge on any atom is 0.184 e. The Hall–Kier alpha value is -2.40. The molecule has 0 fully saturated rings. The van der Waals surface area contributed by atoms with Gasteiger partial charge in [0.15, 0.2) is 5.11 Å². The van der Waals surface area contributed by atoms with Gasteiger partial charge in [0.25, 0.3) is 0 Å². The van der Waals surface area contributed by atoms with Gasteiger partial charge in [0.1, 0.15) is 12.4 Å². The van der Waals surface area contributed by atoms with E-state index < -0.39 is 0 Å². The quantitative estimate of drug-likeness (QED) is 0.506. The number of hydrazone groups is 1. The first-order valence-electron chi connectivity index (χ1n) is 6.51. The largest absolute Gasteiger partial charge is 0.488 e. The third-order valence-corrected chi connectivity index (χ3v) is 2.87. The van der Waals surface area contributed by atoms with E-state index in [1.165, 1.54) is 5.56 Å². The lowest BCUT2D eigenvalue weighted by Gasteiger charge is -2.09. The summed E-state index contributed by atoms with van der Waals surface area (Å²) in [6.07, 6.45) is 1.63. The van der Waals surface area contributed by atoms with Gasteiger partial charge in [-0.25, -0.2) is 0 Å². The van der Waals surface area contributed by atoms with E-state index in [0.717, 1.165) is 16.9 Å². The molecular formula is C16H17N3OS. The lowest BCUT2D eigenvalue weighted by molar-refractivity contribution is 0.305. The minimum absolute atomic E-state index is 0.129. The molecule has 0 aliphatic rings. The molecule has 0 aromatic heterocycles. The standard InChI is InChI=1S/C16H17N3OS/c1-12-5-4-6-13(9-12)11-20-15-8-3-2-7-14(15)10-18-19-16(17)21/h2-10H,11H2,1H3,(H3,17,19,21)/b18-10-. The number of hydrogen-bond acceptors (Lipinski definition) is 3. The van der Waals surface area contributed by atoms with Crippen LogP contribution in [-0.2, 0) is 6.61 Å². The molecule has 108 valence electrons. The topological polar surface area (TPSA) is 59.6 Å². The molecule has 0 aliphatic heterocycles. The number of nitrogens with two attached hydrogens (primary N) is 1. The number of aryl methyl sites for hydroxylation is 1. The third-order valence-electron chi connectivity index (χ3n) is 2.77. The molecule has 0 saturated carbocycles. The predicted octanol–water partition coefficient (Wildman–Crippen LogP) is 2.74. The molecule has 0 amide bonds. The van der Waals surface area contributed by atoms with E-state index >= 15 is 0 Å². The minimum Gasteiger partial charge on any atom is -0.488 e. The highest BCUT2D eigenvalue weighted by Gasteiger charge is 2.01. The third kappa shape index (κ3) is 4.89. The second-order valence-electron chi connectivity index (χ2n) is 4.55. The van der Waals surface area contributed by atoms with E-state index in [9.17, 15) is 0 Å². The van der Waals surface area contributed by atoms with Gasteiger partial charge >= 0.3 is 0 Å². The zero-order valence-corrected chi connectivity index (χ0v) is 12.6. The van der Waals surface area contributed by atoms with Gasteiger partial charge in [-0.1, -0.05) is 42.0 Å². The first-order chi connectivity index (χ1) is 10.1. The van der Waals surface area contributed by atoms with Gasteiger partial charge in [-0.2, -0.15) is 5.10 Å². The molecule has 0 spiro atoms. The fraction of sp³-hybridized carbons (Fsp3) is 0.125. The number of thiocarbonyl (C=S) groups is 1. The van der Waals surface area contributed by atoms with Crippen LogP contribution in [0.3, 0.4) is 0 Å². The van der Waals surface area contributed by atoms with Crippen LogP contribution in [0, 0.1) is 6.92 Å². The van der Waals surface area contributed by atoms with E-state index in [0.29, 0.717) is 6.61 Å². The molecule has 2 aromatic carbocycles. The van der Waals surface area contributed by atoms with Crippen molar-refractivity contribution in [3.63, 3.8) is 0 Å². The normalized spacial score (nSPS) is 10.5. The zero-order valence-electron chi connectivity index (χ0n) is 11.7. The molecule has 0 radical (unpaired) electrons. The molecule has 5 heteroatoms. The Bertz CT molecular complexity index is 655. The van der Waals surface area contributed by atoms with Crippen LogP contribution in [-0.4, -0.2) is 11.3 Å². The molecule has 0 saturated heterocycles. The van der Waals surface area contributed by atoms with Crippen molar-refractivity contribution >= 4 is 23.5 Å². The van der Waals surface area contributed by atoms with Crippen molar-refractivity contribution in [2.75, 3.05) is 0 Å². The highest BCUT2D eigenvalue weighted by Crippen LogP contribution is 2.17. The van der Waals surface area contributed by atoms with Crippen molar-refractivity contribution in [3.8, 4) is 5.75 Å². The first-order valence-corrected chi connectivity index (χ1v) is 6.92. The fourth-order valence-electron chi connectivity index (χ4n) is 1.85. The van der Waals surface area contributed by atoms with Crippen LogP contribution in [0.5, 0.6) is 5.75 Å². The Morgan fingerprint density at radius 2 is 2.10 bits per heavy atom. The zero-order chi connectivity index (χ0) is 15.1. The van der Waals surface area contributed by atoms with Crippen molar-refractivity contribution in [2.45, 2.75) is 13.5 Å². The molecule has 0 heterocycles. The monoisotopic (exact) mass is 299 g/mol. The van der Waals surface area contributed by atoms with Gasteiger partial charge in [-0.3, -0.25) is 5.43 Å². The number of nitrogens with zero attached hydrogens (tertiary/aromatic N) is 1. The number of rotatable bonds is 5. The van der Waals surface area contributed by atoms with Crippen LogP contribution in [0.2, 0.25) is 0 Å². The molecule has 0 bridgehead atoms. The maximum atomic E-state index is 5.85. The van der Waals surface area contributed by atoms with E-state index in [1.54, 1.807) is 6.21 Å². The van der Waals surface area contributed by atoms with Crippen molar-refractivity contribution in [1.82, 2.24) is 5.43 Å². The number of benzene rings is 2. The average molecular weight is 299 g/mol. The smallest absolute Gasteiger partial charge is 0.184 e. The van der Waals surface area contributed by atoms with Crippen LogP contribution in [0.25, 0.3) is 0 Å². The van der Waals surface area contributed by atoms with Crippen molar-refractivity contribution in [2.24, 2.45) is 10.8 Å². The van der Waals surface area contributed by atoms with E-state index in [-0.39, 0.29) is 5.11 Å². The fourth-order valence-corrected chi connectivity index (χ4v) is 1.90. The number of para-hydroxylation sites is 1. The summed E-state index contributed by atoms with van der Waals surface area (Å²) in [5.74, 6) is 0.757. The molecule has 0 unspecified atom stereocenters. The predicted molar refractivity (Wildman–Crippen MR) is 89.5 cm³/mol. The molecule has 2 aromatic rings. The van der Waals surface area contributed by atoms with Crippen molar-refractivity contribution in [3.05, 3.63) is 65.2 Å². The molecule has 3 N–H and O–H groups in total. The summed E-state index contributed by atoms with van der Waals surface area (Å²) in [6, 6.07) is 15.9. The van der Waals surface area contributed by atoms with Gasteiger partial charge in [-0.15, -0.1) is 0 Å².